The summed E-state index contributed by atoms with van der Waals surface area (Å²) in [6, 6.07) is 2.68. The molecule has 1 aliphatic carbocycles. The minimum atomic E-state index is 0.433. The van der Waals surface area contributed by atoms with E-state index in [0.717, 1.165) is 11.8 Å². The highest BCUT2D eigenvalue weighted by Crippen LogP contribution is 2.41. The summed E-state index contributed by atoms with van der Waals surface area (Å²) in [6.07, 6.45) is 6.34. The first-order valence-corrected chi connectivity index (χ1v) is 8.18. The molecule has 0 amide bonds. The van der Waals surface area contributed by atoms with Crippen LogP contribution in [0.3, 0.4) is 0 Å². The first-order valence-electron chi connectivity index (χ1n) is 7.23. The van der Waals surface area contributed by atoms with Crippen molar-refractivity contribution in [2.75, 3.05) is 0 Å². The summed E-state index contributed by atoms with van der Waals surface area (Å²) in [5.41, 5.74) is 8.26. The van der Waals surface area contributed by atoms with Crippen LogP contribution < -0.4 is 5.73 Å². The van der Waals surface area contributed by atoms with Crippen LogP contribution in [0.5, 0.6) is 0 Å². The van der Waals surface area contributed by atoms with Gasteiger partial charge in [-0.1, -0.05) is 20.8 Å². The maximum atomic E-state index is 6.33. The van der Waals surface area contributed by atoms with Gasteiger partial charge in [0, 0.05) is 6.04 Å². The zero-order valence-corrected chi connectivity index (χ0v) is 12.8. The van der Waals surface area contributed by atoms with Gasteiger partial charge in [-0.05, 0) is 71.7 Å². The molecule has 0 aromatic carbocycles. The predicted octanol–water partition coefficient (Wildman–Crippen LogP) is 4.47. The molecule has 1 fully saturated rings. The molecule has 1 heterocycles. The normalized spacial score (nSPS) is 29.4. The van der Waals surface area contributed by atoms with Crippen molar-refractivity contribution in [1.82, 2.24) is 0 Å². The summed E-state index contributed by atoms with van der Waals surface area (Å²) in [7, 11) is 0. The number of aryl methyl sites for hydroxylation is 1. The van der Waals surface area contributed by atoms with Gasteiger partial charge in [0.15, 0.2) is 0 Å². The van der Waals surface area contributed by atoms with Gasteiger partial charge in [-0.2, -0.15) is 11.3 Å². The van der Waals surface area contributed by atoms with Crippen LogP contribution in [0.15, 0.2) is 16.8 Å². The zero-order chi connectivity index (χ0) is 13.2. The van der Waals surface area contributed by atoms with E-state index in [0.29, 0.717) is 11.5 Å². The summed E-state index contributed by atoms with van der Waals surface area (Å²) in [5.74, 6) is 1.58. The summed E-state index contributed by atoms with van der Waals surface area (Å²) in [5, 5.41) is 4.45. The van der Waals surface area contributed by atoms with Crippen molar-refractivity contribution in [3.8, 4) is 0 Å². The lowest BCUT2D eigenvalue weighted by molar-refractivity contribution is 0.122. The highest BCUT2D eigenvalue weighted by Gasteiger charge is 2.33. The smallest absolute Gasteiger partial charge is 0.00674 e. The van der Waals surface area contributed by atoms with E-state index in [-0.39, 0.29) is 0 Å². The van der Waals surface area contributed by atoms with Crippen molar-refractivity contribution < 1.29 is 0 Å². The van der Waals surface area contributed by atoms with E-state index >= 15 is 0 Å². The third-order valence-corrected chi connectivity index (χ3v) is 5.38. The predicted molar refractivity (Wildman–Crippen MR) is 80.9 cm³/mol. The zero-order valence-electron chi connectivity index (χ0n) is 12.0. The summed E-state index contributed by atoms with van der Waals surface area (Å²) < 4.78 is 0. The van der Waals surface area contributed by atoms with Crippen LogP contribution in [0, 0.1) is 17.3 Å². The number of thiophene rings is 1. The van der Waals surface area contributed by atoms with Crippen LogP contribution in [0.25, 0.3) is 0 Å². The van der Waals surface area contributed by atoms with Crippen molar-refractivity contribution in [3.63, 3.8) is 0 Å². The van der Waals surface area contributed by atoms with Crippen molar-refractivity contribution in [3.05, 3.63) is 22.4 Å². The summed E-state index contributed by atoms with van der Waals surface area (Å²) >= 11 is 1.80. The molecule has 2 heteroatoms. The molecule has 1 aliphatic rings. The molecule has 3 atom stereocenters. The van der Waals surface area contributed by atoms with Crippen LogP contribution in [0.4, 0.5) is 0 Å². The third-order valence-electron chi connectivity index (χ3n) is 4.65. The van der Waals surface area contributed by atoms with Gasteiger partial charge in [-0.25, -0.2) is 0 Å². The van der Waals surface area contributed by atoms with Crippen molar-refractivity contribution in [1.29, 1.82) is 0 Å². The number of nitrogens with two attached hydrogens (primary N) is 1. The molecule has 18 heavy (non-hydrogen) atoms. The van der Waals surface area contributed by atoms with Gasteiger partial charge in [0.1, 0.15) is 0 Å². The molecule has 0 aliphatic heterocycles. The molecule has 0 spiro atoms. The van der Waals surface area contributed by atoms with Crippen molar-refractivity contribution >= 4 is 11.3 Å². The molecular weight excluding hydrogens is 238 g/mol. The van der Waals surface area contributed by atoms with Crippen LogP contribution in [0.2, 0.25) is 0 Å². The molecule has 1 aromatic rings. The Labute approximate surface area is 116 Å². The van der Waals surface area contributed by atoms with Crippen LogP contribution in [-0.4, -0.2) is 6.04 Å². The minimum absolute atomic E-state index is 0.433. The Bertz CT molecular complexity index is 350. The maximum absolute atomic E-state index is 6.33. The third kappa shape index (κ3) is 3.58. The Balaban J connectivity index is 1.89. The van der Waals surface area contributed by atoms with Gasteiger partial charge in [-0.15, -0.1) is 0 Å². The van der Waals surface area contributed by atoms with Crippen molar-refractivity contribution in [2.45, 2.75) is 58.9 Å². The van der Waals surface area contributed by atoms with Gasteiger partial charge in [0.2, 0.25) is 0 Å². The average Bonchev–Trinajstić information content (AvgIpc) is 2.79. The molecule has 1 aromatic heterocycles. The van der Waals surface area contributed by atoms with E-state index in [9.17, 15) is 0 Å². The summed E-state index contributed by atoms with van der Waals surface area (Å²) in [4.78, 5) is 0. The van der Waals surface area contributed by atoms with E-state index in [2.05, 4.69) is 37.6 Å². The molecular formula is C16H27NS. The fraction of sp³-hybridized carbons (Fsp3) is 0.750. The lowest BCUT2D eigenvalue weighted by Crippen LogP contribution is -2.39. The highest BCUT2D eigenvalue weighted by molar-refractivity contribution is 7.07. The number of hydrogen-bond donors (Lipinski definition) is 1. The molecule has 1 nitrogen and oxygen atoms in total. The SMILES string of the molecule is CC(C)(C)C1CCC(N)C(CCc2ccsc2)C1. The fourth-order valence-corrected chi connectivity index (χ4v) is 3.90. The number of hydrogen-bond acceptors (Lipinski definition) is 2. The van der Waals surface area contributed by atoms with E-state index in [1.165, 1.54) is 37.7 Å². The van der Waals surface area contributed by atoms with Gasteiger partial charge in [0.25, 0.3) is 0 Å². The van der Waals surface area contributed by atoms with E-state index in [1.807, 2.05) is 0 Å². The fourth-order valence-electron chi connectivity index (χ4n) is 3.19. The second-order valence-electron chi connectivity index (χ2n) is 6.97. The van der Waals surface area contributed by atoms with Gasteiger partial charge in [0.05, 0.1) is 0 Å². The largest absolute Gasteiger partial charge is 0.327 e. The Morgan fingerprint density at radius 1 is 1.33 bits per heavy atom. The molecule has 2 N–H and O–H groups in total. The standard InChI is InChI=1S/C16H27NS/c1-16(2,3)14-6-7-15(17)13(10-14)5-4-12-8-9-18-11-12/h8-9,11,13-15H,4-7,10,17H2,1-3H3. The molecule has 0 saturated heterocycles. The van der Waals surface area contributed by atoms with E-state index in [1.54, 1.807) is 11.3 Å². The molecule has 0 radical (unpaired) electrons. The maximum Gasteiger partial charge on any atom is 0.00674 e. The molecule has 0 bridgehead atoms. The molecule has 102 valence electrons. The first kappa shape index (κ1) is 14.1. The average molecular weight is 265 g/mol. The van der Waals surface area contributed by atoms with E-state index in [4.69, 9.17) is 5.73 Å². The van der Waals surface area contributed by atoms with E-state index < -0.39 is 0 Å². The summed E-state index contributed by atoms with van der Waals surface area (Å²) in [6.45, 7) is 7.14. The molecule has 3 unspecified atom stereocenters. The van der Waals surface area contributed by atoms with Gasteiger partial charge in [-0.3, -0.25) is 0 Å². The second-order valence-corrected chi connectivity index (χ2v) is 7.75. The molecule has 1 saturated carbocycles. The Morgan fingerprint density at radius 2 is 2.11 bits per heavy atom. The van der Waals surface area contributed by atoms with Crippen LogP contribution >= 0.6 is 11.3 Å². The Hall–Kier alpha value is -0.340. The van der Waals surface area contributed by atoms with Crippen molar-refractivity contribution in [2.24, 2.45) is 23.0 Å². The Kier molecular flexibility index (Phi) is 4.50. The van der Waals surface area contributed by atoms with Crippen LogP contribution in [0.1, 0.15) is 52.0 Å². The topological polar surface area (TPSA) is 26.0 Å². The highest BCUT2D eigenvalue weighted by atomic mass is 32.1. The van der Waals surface area contributed by atoms with Gasteiger partial charge < -0.3 is 5.73 Å². The first-order chi connectivity index (χ1) is 8.47. The number of rotatable bonds is 3. The molecule has 2 rings (SSSR count). The Morgan fingerprint density at radius 3 is 2.72 bits per heavy atom. The second kappa shape index (κ2) is 5.75. The minimum Gasteiger partial charge on any atom is -0.327 e. The quantitative estimate of drug-likeness (QED) is 0.857. The lowest BCUT2D eigenvalue weighted by Gasteiger charge is -2.40. The monoisotopic (exact) mass is 265 g/mol. The van der Waals surface area contributed by atoms with Gasteiger partial charge >= 0.3 is 0 Å². The van der Waals surface area contributed by atoms with Crippen LogP contribution in [-0.2, 0) is 6.42 Å². The lowest BCUT2D eigenvalue weighted by atomic mass is 9.67.